The number of carboxylic acid groups (broad SMARTS) is 2. The lowest BCUT2D eigenvalue weighted by molar-refractivity contribution is -0.144. The normalized spacial score (nSPS) is 41.2. The lowest BCUT2D eigenvalue weighted by atomic mass is 9.81. The monoisotopic (exact) mass is 270 g/mol. The summed E-state index contributed by atoms with van der Waals surface area (Å²) in [4.78, 5) is 22.1. The Hall–Kier alpha value is -1.14. The molecule has 3 atom stereocenters. The van der Waals surface area contributed by atoms with Crippen LogP contribution in [-0.4, -0.2) is 39.6 Å². The summed E-state index contributed by atoms with van der Waals surface area (Å²) in [6, 6.07) is 0. The quantitative estimate of drug-likeness (QED) is 0.732. The van der Waals surface area contributed by atoms with E-state index in [0.29, 0.717) is 12.3 Å². The second-order valence-electron chi connectivity index (χ2n) is 5.81. The summed E-state index contributed by atoms with van der Waals surface area (Å²) in [6.07, 6.45) is 5.17. The predicted molar refractivity (Wildman–Crippen MR) is 62.5 cm³/mol. The van der Waals surface area contributed by atoms with E-state index in [1.807, 2.05) is 0 Å². The standard InChI is InChI=1S/C13H18O6/c14-10(15)6-9-13(18-9)12(19-13,11(16)17)7-8-4-2-1-3-5-8/h8-9H,1-7H2,(H,14,15)(H,16,17). The Morgan fingerprint density at radius 3 is 2.42 bits per heavy atom. The zero-order valence-electron chi connectivity index (χ0n) is 10.6. The van der Waals surface area contributed by atoms with Crippen molar-refractivity contribution < 1.29 is 29.3 Å². The SMILES string of the molecule is O=C(O)CC1OC12OC2(CC1CCCCC1)C(=O)O. The molecule has 1 saturated carbocycles. The summed E-state index contributed by atoms with van der Waals surface area (Å²) < 4.78 is 10.7. The van der Waals surface area contributed by atoms with E-state index in [0.717, 1.165) is 25.7 Å². The molecule has 2 heterocycles. The number of hydrogen-bond acceptors (Lipinski definition) is 4. The van der Waals surface area contributed by atoms with E-state index in [4.69, 9.17) is 14.6 Å². The minimum absolute atomic E-state index is 0.195. The Labute approximate surface area is 110 Å². The van der Waals surface area contributed by atoms with E-state index >= 15 is 0 Å². The van der Waals surface area contributed by atoms with Crippen molar-refractivity contribution in [2.24, 2.45) is 5.92 Å². The van der Waals surface area contributed by atoms with E-state index < -0.39 is 29.4 Å². The highest BCUT2D eigenvalue weighted by molar-refractivity contribution is 5.84. The number of hydrogen-bond donors (Lipinski definition) is 2. The van der Waals surface area contributed by atoms with Gasteiger partial charge in [-0.25, -0.2) is 4.79 Å². The molecule has 0 bridgehead atoms. The molecule has 3 fully saturated rings. The second-order valence-corrected chi connectivity index (χ2v) is 5.81. The van der Waals surface area contributed by atoms with Crippen molar-refractivity contribution in [3.8, 4) is 0 Å². The summed E-state index contributed by atoms with van der Waals surface area (Å²) in [7, 11) is 0. The summed E-state index contributed by atoms with van der Waals surface area (Å²) in [5.41, 5.74) is -1.30. The van der Waals surface area contributed by atoms with Crippen molar-refractivity contribution in [2.75, 3.05) is 0 Å². The van der Waals surface area contributed by atoms with Crippen LogP contribution in [0.15, 0.2) is 0 Å². The van der Waals surface area contributed by atoms with Crippen molar-refractivity contribution in [1.82, 2.24) is 0 Å². The van der Waals surface area contributed by atoms with Crippen LogP contribution in [0.4, 0.5) is 0 Å². The molecule has 0 amide bonds. The predicted octanol–water partition coefficient (Wildman–Crippen LogP) is 1.38. The Morgan fingerprint density at radius 1 is 1.16 bits per heavy atom. The summed E-state index contributed by atoms with van der Waals surface area (Å²) in [5, 5.41) is 18.1. The Balaban J connectivity index is 1.66. The third-order valence-electron chi connectivity index (χ3n) is 4.54. The third kappa shape index (κ3) is 1.94. The molecule has 1 spiro atoms. The summed E-state index contributed by atoms with van der Waals surface area (Å²) in [6.45, 7) is 0. The summed E-state index contributed by atoms with van der Waals surface area (Å²) in [5.74, 6) is -2.81. The van der Waals surface area contributed by atoms with Gasteiger partial charge in [0.05, 0.1) is 6.42 Å². The Morgan fingerprint density at radius 2 is 1.84 bits per heavy atom. The number of rotatable bonds is 5. The molecule has 6 heteroatoms. The molecule has 19 heavy (non-hydrogen) atoms. The van der Waals surface area contributed by atoms with Gasteiger partial charge in [0.1, 0.15) is 6.10 Å². The van der Waals surface area contributed by atoms with Gasteiger partial charge in [0.15, 0.2) is 0 Å². The van der Waals surface area contributed by atoms with Gasteiger partial charge in [-0.2, -0.15) is 0 Å². The number of carboxylic acids is 2. The maximum atomic E-state index is 11.5. The Kier molecular flexibility index (Phi) is 2.83. The van der Waals surface area contributed by atoms with Crippen molar-refractivity contribution in [1.29, 1.82) is 0 Å². The number of ether oxygens (including phenoxy) is 2. The Bertz CT molecular complexity index is 415. The molecule has 0 aromatic carbocycles. The van der Waals surface area contributed by atoms with Crippen LogP contribution >= 0.6 is 0 Å². The van der Waals surface area contributed by atoms with E-state index in [9.17, 15) is 14.7 Å². The fraction of sp³-hybridized carbons (Fsp3) is 0.846. The third-order valence-corrected chi connectivity index (χ3v) is 4.54. The highest BCUT2D eigenvalue weighted by Crippen LogP contribution is 2.66. The first kappa shape index (κ1) is 12.9. The fourth-order valence-electron chi connectivity index (χ4n) is 3.45. The van der Waals surface area contributed by atoms with Crippen LogP contribution in [-0.2, 0) is 19.1 Å². The maximum Gasteiger partial charge on any atom is 0.341 e. The van der Waals surface area contributed by atoms with E-state index in [2.05, 4.69) is 0 Å². The molecule has 106 valence electrons. The first-order valence-corrected chi connectivity index (χ1v) is 6.83. The van der Waals surface area contributed by atoms with Gasteiger partial charge in [0.2, 0.25) is 11.4 Å². The van der Waals surface area contributed by atoms with Gasteiger partial charge in [-0.1, -0.05) is 32.1 Å². The molecule has 0 aromatic rings. The van der Waals surface area contributed by atoms with Crippen molar-refractivity contribution in [3.05, 3.63) is 0 Å². The topological polar surface area (TPSA) is 99.7 Å². The molecule has 0 radical (unpaired) electrons. The number of epoxide rings is 2. The van der Waals surface area contributed by atoms with Gasteiger partial charge < -0.3 is 19.7 Å². The van der Waals surface area contributed by atoms with Crippen molar-refractivity contribution in [2.45, 2.75) is 62.4 Å². The lowest BCUT2D eigenvalue weighted by Gasteiger charge is -2.22. The fourth-order valence-corrected chi connectivity index (χ4v) is 3.45. The minimum atomic E-state index is -1.30. The molecule has 2 saturated heterocycles. The van der Waals surface area contributed by atoms with Crippen LogP contribution in [0.1, 0.15) is 44.9 Å². The number of aliphatic carboxylic acids is 2. The van der Waals surface area contributed by atoms with Crippen LogP contribution in [0.2, 0.25) is 0 Å². The molecule has 2 N–H and O–H groups in total. The highest BCUT2D eigenvalue weighted by atomic mass is 16.9. The zero-order valence-corrected chi connectivity index (χ0v) is 10.6. The lowest BCUT2D eigenvalue weighted by Crippen LogP contribution is -2.32. The molecular formula is C13H18O6. The maximum absolute atomic E-state index is 11.5. The average molecular weight is 270 g/mol. The number of carbonyl (C=O) groups is 2. The average Bonchev–Trinajstić information content (AvgIpc) is 3.19. The van der Waals surface area contributed by atoms with Crippen molar-refractivity contribution in [3.63, 3.8) is 0 Å². The van der Waals surface area contributed by atoms with Crippen LogP contribution in [0.5, 0.6) is 0 Å². The molecule has 3 unspecified atom stereocenters. The van der Waals surface area contributed by atoms with Gasteiger partial charge in [-0.3, -0.25) is 4.79 Å². The molecule has 0 aromatic heterocycles. The van der Waals surface area contributed by atoms with E-state index in [1.165, 1.54) is 6.42 Å². The van der Waals surface area contributed by atoms with Gasteiger partial charge in [0.25, 0.3) is 0 Å². The van der Waals surface area contributed by atoms with Crippen LogP contribution in [0.25, 0.3) is 0 Å². The molecule has 1 aliphatic carbocycles. The van der Waals surface area contributed by atoms with Gasteiger partial charge in [-0.05, 0) is 12.3 Å². The largest absolute Gasteiger partial charge is 0.481 e. The molecule has 3 aliphatic rings. The van der Waals surface area contributed by atoms with Crippen LogP contribution in [0, 0.1) is 5.92 Å². The van der Waals surface area contributed by atoms with Gasteiger partial charge in [-0.15, -0.1) is 0 Å². The first-order chi connectivity index (χ1) is 9.00. The first-order valence-electron chi connectivity index (χ1n) is 6.83. The van der Waals surface area contributed by atoms with Crippen LogP contribution in [0.3, 0.4) is 0 Å². The van der Waals surface area contributed by atoms with Gasteiger partial charge in [0, 0.05) is 0 Å². The van der Waals surface area contributed by atoms with Gasteiger partial charge >= 0.3 is 11.9 Å². The van der Waals surface area contributed by atoms with E-state index in [-0.39, 0.29) is 6.42 Å². The highest BCUT2D eigenvalue weighted by Gasteiger charge is 2.89. The van der Waals surface area contributed by atoms with Crippen LogP contribution < -0.4 is 0 Å². The summed E-state index contributed by atoms with van der Waals surface area (Å²) >= 11 is 0. The minimum Gasteiger partial charge on any atom is -0.481 e. The molecule has 2 aliphatic heterocycles. The molecular weight excluding hydrogens is 252 g/mol. The molecule has 3 rings (SSSR count). The zero-order chi connectivity index (χ0) is 13.7. The van der Waals surface area contributed by atoms with Crippen molar-refractivity contribution >= 4 is 11.9 Å². The van der Waals surface area contributed by atoms with E-state index in [1.54, 1.807) is 0 Å². The molecule has 6 nitrogen and oxygen atoms in total. The smallest absolute Gasteiger partial charge is 0.341 e. The second kappa shape index (κ2) is 4.18.